The van der Waals surface area contributed by atoms with Crippen LogP contribution in [0.1, 0.15) is 0 Å². The van der Waals surface area contributed by atoms with Crippen LogP contribution in [0.2, 0.25) is 10.2 Å². The quantitative estimate of drug-likeness (QED) is 0.439. The molecule has 0 unspecified atom stereocenters. The van der Waals surface area contributed by atoms with Crippen molar-refractivity contribution >= 4 is 39.8 Å². The van der Waals surface area contributed by atoms with Crippen LogP contribution in [0.3, 0.4) is 0 Å². The Bertz CT molecular complexity index is 559. The SMILES string of the molecule is O=[N+]([O-])c1cc2ncnc(Cl)c2cc1Cl. The molecule has 1 aromatic carbocycles. The van der Waals surface area contributed by atoms with Gasteiger partial charge in [0.1, 0.15) is 16.5 Å². The fourth-order valence-electron chi connectivity index (χ4n) is 1.17. The monoisotopic (exact) mass is 243 g/mol. The predicted octanol–water partition coefficient (Wildman–Crippen LogP) is 2.84. The summed E-state index contributed by atoms with van der Waals surface area (Å²) >= 11 is 11.5. The molecule has 0 saturated carbocycles. The Morgan fingerprint density at radius 2 is 2.00 bits per heavy atom. The third-order valence-electron chi connectivity index (χ3n) is 1.85. The van der Waals surface area contributed by atoms with Crippen LogP contribution in [-0.2, 0) is 0 Å². The first-order chi connectivity index (χ1) is 7.09. The molecule has 76 valence electrons. The lowest BCUT2D eigenvalue weighted by Gasteiger charge is -2.00. The minimum Gasteiger partial charge on any atom is -0.258 e. The molecule has 0 saturated heterocycles. The second-order valence-corrected chi connectivity index (χ2v) is 3.51. The standard InChI is InChI=1S/C8H3Cl2N3O2/c9-5-1-4-6(2-7(5)13(14)15)11-3-12-8(4)10/h1-3H. The van der Waals surface area contributed by atoms with Gasteiger partial charge >= 0.3 is 0 Å². The molecule has 0 fully saturated rings. The number of benzene rings is 1. The Labute approximate surface area is 93.8 Å². The molecule has 0 amide bonds. The van der Waals surface area contributed by atoms with Crippen molar-refractivity contribution in [2.45, 2.75) is 0 Å². The van der Waals surface area contributed by atoms with Crippen LogP contribution in [-0.4, -0.2) is 14.9 Å². The van der Waals surface area contributed by atoms with E-state index in [1.165, 1.54) is 18.5 Å². The average molecular weight is 244 g/mol. The average Bonchev–Trinajstić information content (AvgIpc) is 2.18. The number of nitrogens with zero attached hydrogens (tertiary/aromatic N) is 3. The van der Waals surface area contributed by atoms with E-state index in [2.05, 4.69) is 9.97 Å². The van der Waals surface area contributed by atoms with Crippen LogP contribution in [0, 0.1) is 10.1 Å². The summed E-state index contributed by atoms with van der Waals surface area (Å²) in [7, 11) is 0. The maximum atomic E-state index is 10.6. The van der Waals surface area contributed by atoms with Crippen molar-refractivity contribution in [3.63, 3.8) is 0 Å². The summed E-state index contributed by atoms with van der Waals surface area (Å²) in [6.07, 6.45) is 1.24. The van der Waals surface area contributed by atoms with E-state index in [1.54, 1.807) is 0 Å². The molecule has 1 aromatic heterocycles. The molecule has 7 heteroatoms. The number of hydrogen-bond donors (Lipinski definition) is 0. The number of halogens is 2. The minimum atomic E-state index is -0.572. The van der Waals surface area contributed by atoms with E-state index in [4.69, 9.17) is 23.2 Å². The largest absolute Gasteiger partial charge is 0.290 e. The van der Waals surface area contributed by atoms with Crippen LogP contribution < -0.4 is 0 Å². The van der Waals surface area contributed by atoms with E-state index >= 15 is 0 Å². The molecular formula is C8H3Cl2N3O2. The van der Waals surface area contributed by atoms with Gasteiger partial charge in [0.2, 0.25) is 0 Å². The predicted molar refractivity (Wildman–Crippen MR) is 56.2 cm³/mol. The maximum absolute atomic E-state index is 10.6. The first-order valence-electron chi connectivity index (χ1n) is 3.84. The highest BCUT2D eigenvalue weighted by atomic mass is 35.5. The highest BCUT2D eigenvalue weighted by Crippen LogP contribution is 2.30. The van der Waals surface area contributed by atoms with E-state index in [0.29, 0.717) is 10.9 Å². The van der Waals surface area contributed by atoms with Gasteiger partial charge in [-0.05, 0) is 6.07 Å². The summed E-state index contributed by atoms with van der Waals surface area (Å²) in [5.41, 5.74) is 0.199. The molecule has 0 bridgehead atoms. The number of hydrogen-bond acceptors (Lipinski definition) is 4. The molecule has 0 radical (unpaired) electrons. The number of fused-ring (bicyclic) bond motifs is 1. The highest BCUT2D eigenvalue weighted by Gasteiger charge is 2.15. The number of nitro benzene ring substituents is 1. The zero-order valence-electron chi connectivity index (χ0n) is 7.15. The summed E-state index contributed by atoms with van der Waals surface area (Å²) < 4.78 is 0. The molecule has 2 aromatic rings. The summed E-state index contributed by atoms with van der Waals surface area (Å²) in [6, 6.07) is 2.66. The first-order valence-corrected chi connectivity index (χ1v) is 4.59. The Morgan fingerprint density at radius 1 is 1.27 bits per heavy atom. The maximum Gasteiger partial charge on any atom is 0.290 e. The number of aromatic nitrogens is 2. The van der Waals surface area contributed by atoms with Crippen molar-refractivity contribution < 1.29 is 4.92 Å². The van der Waals surface area contributed by atoms with Gasteiger partial charge in [-0.2, -0.15) is 0 Å². The Hall–Kier alpha value is -1.46. The first kappa shape index (κ1) is 10.1. The molecule has 0 atom stereocenters. The fourth-order valence-corrected chi connectivity index (χ4v) is 1.60. The Kier molecular flexibility index (Phi) is 2.42. The number of rotatable bonds is 1. The molecule has 2 rings (SSSR count). The van der Waals surface area contributed by atoms with Gasteiger partial charge in [-0.25, -0.2) is 9.97 Å². The third-order valence-corrected chi connectivity index (χ3v) is 2.46. The van der Waals surface area contributed by atoms with Gasteiger partial charge in [-0.3, -0.25) is 10.1 Å². The van der Waals surface area contributed by atoms with E-state index in [9.17, 15) is 10.1 Å². The highest BCUT2D eigenvalue weighted by molar-refractivity contribution is 6.36. The second-order valence-electron chi connectivity index (χ2n) is 2.74. The third kappa shape index (κ3) is 1.71. The lowest BCUT2D eigenvalue weighted by Crippen LogP contribution is -1.91. The lowest BCUT2D eigenvalue weighted by atomic mass is 10.2. The molecule has 5 nitrogen and oxygen atoms in total. The molecule has 0 spiro atoms. The van der Waals surface area contributed by atoms with Crippen molar-refractivity contribution in [2.75, 3.05) is 0 Å². The van der Waals surface area contributed by atoms with Gasteiger partial charge in [-0.1, -0.05) is 23.2 Å². The molecule has 0 aliphatic heterocycles. The van der Waals surface area contributed by atoms with Gasteiger partial charge in [0.25, 0.3) is 5.69 Å². The normalized spacial score (nSPS) is 10.5. The van der Waals surface area contributed by atoms with Crippen LogP contribution >= 0.6 is 23.2 Å². The Morgan fingerprint density at radius 3 is 2.67 bits per heavy atom. The summed E-state index contributed by atoms with van der Waals surface area (Å²) in [5, 5.41) is 11.3. The summed E-state index contributed by atoms with van der Waals surface area (Å²) in [4.78, 5) is 17.6. The van der Waals surface area contributed by atoms with Crippen molar-refractivity contribution in [3.05, 3.63) is 38.8 Å². The fraction of sp³-hybridized carbons (Fsp3) is 0. The van der Waals surface area contributed by atoms with Crippen LogP contribution in [0.15, 0.2) is 18.5 Å². The lowest BCUT2D eigenvalue weighted by molar-refractivity contribution is -0.384. The molecule has 0 N–H and O–H groups in total. The zero-order chi connectivity index (χ0) is 11.0. The van der Waals surface area contributed by atoms with E-state index in [1.807, 2.05) is 0 Å². The van der Waals surface area contributed by atoms with Crippen LogP contribution in [0.5, 0.6) is 0 Å². The van der Waals surface area contributed by atoms with Crippen LogP contribution in [0.25, 0.3) is 10.9 Å². The van der Waals surface area contributed by atoms with Crippen LogP contribution in [0.4, 0.5) is 5.69 Å². The summed E-state index contributed by atoms with van der Waals surface area (Å²) in [5.74, 6) is 0. The molecule has 15 heavy (non-hydrogen) atoms. The van der Waals surface area contributed by atoms with Crippen molar-refractivity contribution in [1.29, 1.82) is 0 Å². The van der Waals surface area contributed by atoms with Gasteiger partial charge in [-0.15, -0.1) is 0 Å². The van der Waals surface area contributed by atoms with Crippen molar-refractivity contribution in [3.8, 4) is 0 Å². The minimum absolute atomic E-state index is 0.0178. The van der Waals surface area contributed by atoms with E-state index in [0.717, 1.165) is 0 Å². The van der Waals surface area contributed by atoms with E-state index < -0.39 is 4.92 Å². The topological polar surface area (TPSA) is 68.9 Å². The number of nitro groups is 1. The molecule has 1 heterocycles. The van der Waals surface area contributed by atoms with Crippen molar-refractivity contribution in [1.82, 2.24) is 9.97 Å². The molecule has 0 aliphatic carbocycles. The molecule has 0 aliphatic rings. The van der Waals surface area contributed by atoms with Gasteiger partial charge in [0, 0.05) is 11.5 Å². The van der Waals surface area contributed by atoms with Gasteiger partial charge < -0.3 is 0 Å². The van der Waals surface area contributed by atoms with Gasteiger partial charge in [0.05, 0.1) is 10.4 Å². The smallest absolute Gasteiger partial charge is 0.258 e. The second kappa shape index (κ2) is 3.60. The van der Waals surface area contributed by atoms with E-state index in [-0.39, 0.29) is 15.9 Å². The zero-order valence-corrected chi connectivity index (χ0v) is 8.66. The molecular weight excluding hydrogens is 241 g/mol. The van der Waals surface area contributed by atoms with Crippen molar-refractivity contribution in [2.24, 2.45) is 0 Å². The summed E-state index contributed by atoms with van der Waals surface area (Å²) in [6.45, 7) is 0. The Balaban J connectivity index is 2.82. The van der Waals surface area contributed by atoms with Gasteiger partial charge in [0.15, 0.2) is 0 Å².